The highest BCUT2D eigenvalue weighted by Gasteiger charge is 1.97. The van der Waals surface area contributed by atoms with Crippen LogP contribution >= 0.6 is 0 Å². The van der Waals surface area contributed by atoms with Crippen LogP contribution in [-0.2, 0) is 0 Å². The monoisotopic (exact) mass is 161 g/mol. The summed E-state index contributed by atoms with van der Waals surface area (Å²) >= 11 is 0. The number of fused-ring (bicyclic) bond motifs is 1. The zero-order valence-corrected chi connectivity index (χ0v) is 6.42. The Morgan fingerprint density at radius 3 is 2.75 bits per heavy atom. The molecule has 0 amide bonds. The molecule has 2 rings (SSSR count). The number of nitrogen functional groups attached to an aromatic ring is 1. The minimum Gasteiger partial charge on any atom is -0.398 e. The fraction of sp³-hybridized carbons (Fsp3) is 0. The molecule has 0 unspecified atom stereocenters. The second-order valence-electron chi connectivity index (χ2n) is 2.71. The molecule has 0 bridgehead atoms. The Balaban J connectivity index is 2.88. The van der Waals surface area contributed by atoms with Crippen LogP contribution in [0.4, 0.5) is 10.1 Å². The Kier molecular flexibility index (Phi) is 1.47. The number of halogens is 1. The first kappa shape index (κ1) is 7.10. The molecule has 2 aromatic rings. The summed E-state index contributed by atoms with van der Waals surface area (Å²) in [6.45, 7) is 0. The van der Waals surface area contributed by atoms with E-state index in [2.05, 4.69) is 0 Å². The number of benzene rings is 2. The summed E-state index contributed by atoms with van der Waals surface area (Å²) in [5, 5.41) is 1.74. The second kappa shape index (κ2) is 2.48. The van der Waals surface area contributed by atoms with Gasteiger partial charge in [-0.15, -0.1) is 0 Å². The summed E-state index contributed by atoms with van der Waals surface area (Å²) in [7, 11) is 0. The highest BCUT2D eigenvalue weighted by atomic mass is 19.1. The maximum absolute atomic E-state index is 12.8. The highest BCUT2D eigenvalue weighted by molar-refractivity contribution is 5.92. The fourth-order valence-corrected chi connectivity index (χ4v) is 1.27. The van der Waals surface area contributed by atoms with E-state index >= 15 is 0 Å². The molecule has 2 aromatic carbocycles. The standard InChI is InChI=1S/C10H8FN/c11-8-5-4-7-2-1-3-10(12)9(7)6-8/h1-6H,12H2. The fourth-order valence-electron chi connectivity index (χ4n) is 1.27. The predicted molar refractivity (Wildman–Crippen MR) is 48.3 cm³/mol. The minimum atomic E-state index is -0.250. The van der Waals surface area contributed by atoms with Crippen molar-refractivity contribution in [2.45, 2.75) is 0 Å². The molecule has 0 fully saturated rings. The molecule has 0 atom stereocenters. The zero-order chi connectivity index (χ0) is 8.55. The van der Waals surface area contributed by atoms with E-state index in [4.69, 9.17) is 5.73 Å². The van der Waals surface area contributed by atoms with E-state index in [1.807, 2.05) is 12.1 Å². The predicted octanol–water partition coefficient (Wildman–Crippen LogP) is 2.56. The minimum absolute atomic E-state index is 0.250. The molecule has 12 heavy (non-hydrogen) atoms. The number of anilines is 1. The maximum atomic E-state index is 12.8. The van der Waals surface area contributed by atoms with Gasteiger partial charge in [0.15, 0.2) is 0 Å². The summed E-state index contributed by atoms with van der Waals surface area (Å²) in [4.78, 5) is 0. The van der Waals surface area contributed by atoms with Crippen LogP contribution in [0.5, 0.6) is 0 Å². The molecule has 0 saturated carbocycles. The van der Waals surface area contributed by atoms with Crippen LogP contribution in [0, 0.1) is 5.82 Å². The quantitative estimate of drug-likeness (QED) is 0.590. The maximum Gasteiger partial charge on any atom is 0.123 e. The second-order valence-corrected chi connectivity index (χ2v) is 2.71. The SMILES string of the molecule is Nc1cccc2ccc(F)cc12. The number of hydrogen-bond acceptors (Lipinski definition) is 1. The molecule has 0 aromatic heterocycles. The normalized spacial score (nSPS) is 10.4. The lowest BCUT2D eigenvalue weighted by Gasteiger charge is -2.00. The van der Waals surface area contributed by atoms with E-state index in [1.54, 1.807) is 12.1 Å². The van der Waals surface area contributed by atoms with Gasteiger partial charge in [0.1, 0.15) is 5.82 Å². The lowest BCUT2D eigenvalue weighted by Crippen LogP contribution is -1.86. The first-order chi connectivity index (χ1) is 5.77. The largest absolute Gasteiger partial charge is 0.398 e. The molecular formula is C10H8FN. The van der Waals surface area contributed by atoms with E-state index in [0.29, 0.717) is 5.69 Å². The average molecular weight is 161 g/mol. The van der Waals surface area contributed by atoms with Crippen molar-refractivity contribution in [3.8, 4) is 0 Å². The summed E-state index contributed by atoms with van der Waals surface area (Å²) in [5.74, 6) is -0.250. The molecule has 0 aliphatic carbocycles. The third-order valence-corrected chi connectivity index (χ3v) is 1.88. The van der Waals surface area contributed by atoms with Crippen molar-refractivity contribution >= 4 is 16.5 Å². The van der Waals surface area contributed by atoms with Gasteiger partial charge in [-0.3, -0.25) is 0 Å². The van der Waals surface area contributed by atoms with Crippen LogP contribution in [0.2, 0.25) is 0 Å². The topological polar surface area (TPSA) is 26.0 Å². The van der Waals surface area contributed by atoms with Crippen molar-refractivity contribution in [3.05, 3.63) is 42.2 Å². The Bertz CT molecular complexity index is 423. The number of hydrogen-bond donors (Lipinski definition) is 1. The third kappa shape index (κ3) is 1.01. The lowest BCUT2D eigenvalue weighted by atomic mass is 10.1. The van der Waals surface area contributed by atoms with Crippen LogP contribution in [0.25, 0.3) is 10.8 Å². The van der Waals surface area contributed by atoms with Crippen molar-refractivity contribution in [3.63, 3.8) is 0 Å². The summed E-state index contributed by atoms with van der Waals surface area (Å²) < 4.78 is 12.8. The average Bonchev–Trinajstić information content (AvgIpc) is 2.07. The van der Waals surface area contributed by atoms with Gasteiger partial charge in [0, 0.05) is 11.1 Å². The van der Waals surface area contributed by atoms with Gasteiger partial charge in [-0.25, -0.2) is 4.39 Å². The Morgan fingerprint density at radius 2 is 1.92 bits per heavy atom. The van der Waals surface area contributed by atoms with Crippen molar-refractivity contribution in [2.24, 2.45) is 0 Å². The lowest BCUT2D eigenvalue weighted by molar-refractivity contribution is 0.630. The van der Waals surface area contributed by atoms with Crippen molar-refractivity contribution < 1.29 is 4.39 Å². The summed E-state index contributed by atoms with van der Waals surface area (Å²) in [6.07, 6.45) is 0. The van der Waals surface area contributed by atoms with Crippen LogP contribution in [-0.4, -0.2) is 0 Å². The van der Waals surface area contributed by atoms with E-state index < -0.39 is 0 Å². The van der Waals surface area contributed by atoms with Gasteiger partial charge >= 0.3 is 0 Å². The molecule has 0 aliphatic heterocycles. The molecule has 60 valence electrons. The van der Waals surface area contributed by atoms with Crippen LogP contribution in [0.3, 0.4) is 0 Å². The van der Waals surface area contributed by atoms with E-state index in [1.165, 1.54) is 12.1 Å². The van der Waals surface area contributed by atoms with Crippen molar-refractivity contribution in [2.75, 3.05) is 5.73 Å². The first-order valence-corrected chi connectivity index (χ1v) is 3.71. The van der Waals surface area contributed by atoms with Crippen LogP contribution in [0.15, 0.2) is 36.4 Å². The van der Waals surface area contributed by atoms with Crippen LogP contribution in [0.1, 0.15) is 0 Å². The molecule has 0 aliphatic rings. The van der Waals surface area contributed by atoms with Gasteiger partial charge in [-0.1, -0.05) is 18.2 Å². The molecule has 2 heteroatoms. The number of rotatable bonds is 0. The first-order valence-electron chi connectivity index (χ1n) is 3.71. The Morgan fingerprint density at radius 1 is 1.08 bits per heavy atom. The third-order valence-electron chi connectivity index (χ3n) is 1.88. The molecule has 0 saturated heterocycles. The number of nitrogens with two attached hydrogens (primary N) is 1. The van der Waals surface area contributed by atoms with Crippen molar-refractivity contribution in [1.29, 1.82) is 0 Å². The van der Waals surface area contributed by atoms with E-state index in [9.17, 15) is 4.39 Å². The van der Waals surface area contributed by atoms with Gasteiger partial charge in [0.2, 0.25) is 0 Å². The van der Waals surface area contributed by atoms with Crippen LogP contribution < -0.4 is 5.73 Å². The van der Waals surface area contributed by atoms with E-state index in [-0.39, 0.29) is 5.82 Å². The van der Waals surface area contributed by atoms with Gasteiger partial charge in [-0.2, -0.15) is 0 Å². The zero-order valence-electron chi connectivity index (χ0n) is 6.42. The smallest absolute Gasteiger partial charge is 0.123 e. The molecule has 0 heterocycles. The summed E-state index contributed by atoms with van der Waals surface area (Å²) in [5.41, 5.74) is 6.28. The molecule has 1 nitrogen and oxygen atoms in total. The molecule has 0 spiro atoms. The Labute approximate surface area is 69.6 Å². The molecule has 0 radical (unpaired) electrons. The Hall–Kier alpha value is -1.57. The van der Waals surface area contributed by atoms with Gasteiger partial charge in [0.25, 0.3) is 0 Å². The van der Waals surface area contributed by atoms with E-state index in [0.717, 1.165) is 10.8 Å². The molecule has 2 N–H and O–H groups in total. The van der Waals surface area contributed by atoms with Gasteiger partial charge in [0.05, 0.1) is 0 Å². The highest BCUT2D eigenvalue weighted by Crippen LogP contribution is 2.21. The van der Waals surface area contributed by atoms with Gasteiger partial charge < -0.3 is 5.73 Å². The van der Waals surface area contributed by atoms with Crippen molar-refractivity contribution in [1.82, 2.24) is 0 Å². The summed E-state index contributed by atoms with van der Waals surface area (Å²) in [6, 6.07) is 10.1. The molecular weight excluding hydrogens is 153 g/mol. The van der Waals surface area contributed by atoms with Gasteiger partial charge in [-0.05, 0) is 23.6 Å².